The third-order valence-corrected chi connectivity index (χ3v) is 4.42. The molecule has 5 heteroatoms. The molecule has 0 spiro atoms. The van der Waals surface area contributed by atoms with E-state index in [1.54, 1.807) is 0 Å². The molecule has 25 heavy (non-hydrogen) atoms. The second-order valence-electron chi connectivity index (χ2n) is 7.12. The molecule has 3 rings (SSSR count). The quantitative estimate of drug-likeness (QED) is 0.714. The van der Waals surface area contributed by atoms with Crippen LogP contribution in [0, 0.1) is 5.92 Å². The highest BCUT2D eigenvalue weighted by Gasteiger charge is 2.15. The number of hydrogen-bond donors (Lipinski definition) is 2. The Bertz CT molecular complexity index is 850. The summed E-state index contributed by atoms with van der Waals surface area (Å²) in [6, 6.07) is 10.8. The zero-order chi connectivity index (χ0) is 18.0. The lowest BCUT2D eigenvalue weighted by molar-refractivity contribution is 0.443. The predicted molar refractivity (Wildman–Crippen MR) is 105 cm³/mol. The molecule has 2 aromatic heterocycles. The minimum atomic E-state index is 0.247. The summed E-state index contributed by atoms with van der Waals surface area (Å²) in [5.74, 6) is 2.57. The number of anilines is 1. The van der Waals surface area contributed by atoms with Crippen LogP contribution in [0.25, 0.3) is 22.2 Å². The molecule has 1 aromatic carbocycles. The summed E-state index contributed by atoms with van der Waals surface area (Å²) in [6.45, 7) is 4.47. The van der Waals surface area contributed by atoms with Crippen LogP contribution in [0.2, 0.25) is 0 Å². The first-order chi connectivity index (χ1) is 12.0. The van der Waals surface area contributed by atoms with Crippen molar-refractivity contribution in [2.24, 2.45) is 5.92 Å². The van der Waals surface area contributed by atoms with Gasteiger partial charge < -0.3 is 15.2 Å². The van der Waals surface area contributed by atoms with Crippen molar-refractivity contribution < 1.29 is 0 Å². The fourth-order valence-electron chi connectivity index (χ4n) is 3.05. The molecule has 2 heterocycles. The van der Waals surface area contributed by atoms with Gasteiger partial charge in [-0.2, -0.15) is 0 Å². The SMILES string of the molecule is CNC(CC(C)C)c1nc2ccc(-c3ccnc(N(C)C)c3)cc2[nH]1. The van der Waals surface area contributed by atoms with Crippen LogP contribution in [0.1, 0.15) is 32.1 Å². The number of rotatable bonds is 6. The fraction of sp³-hybridized carbons (Fsp3) is 0.400. The van der Waals surface area contributed by atoms with Gasteiger partial charge in [0.25, 0.3) is 0 Å². The average Bonchev–Trinajstić information content (AvgIpc) is 3.02. The molecule has 0 radical (unpaired) electrons. The molecule has 0 aliphatic heterocycles. The van der Waals surface area contributed by atoms with E-state index in [-0.39, 0.29) is 6.04 Å². The maximum Gasteiger partial charge on any atom is 0.128 e. The van der Waals surface area contributed by atoms with Gasteiger partial charge in [0.1, 0.15) is 11.6 Å². The lowest BCUT2D eigenvalue weighted by Gasteiger charge is -2.15. The lowest BCUT2D eigenvalue weighted by Crippen LogP contribution is -2.19. The Kier molecular flexibility index (Phi) is 5.04. The Labute approximate surface area is 149 Å². The first-order valence-corrected chi connectivity index (χ1v) is 8.78. The molecule has 2 N–H and O–H groups in total. The molecule has 0 bridgehead atoms. The van der Waals surface area contributed by atoms with E-state index in [4.69, 9.17) is 4.98 Å². The highest BCUT2D eigenvalue weighted by atomic mass is 15.1. The largest absolute Gasteiger partial charge is 0.363 e. The Morgan fingerprint density at radius 1 is 1.12 bits per heavy atom. The molecule has 5 nitrogen and oxygen atoms in total. The maximum atomic E-state index is 4.78. The van der Waals surface area contributed by atoms with Crippen molar-refractivity contribution in [1.29, 1.82) is 0 Å². The van der Waals surface area contributed by atoms with E-state index in [2.05, 4.69) is 53.4 Å². The number of nitrogens with one attached hydrogen (secondary N) is 2. The molecule has 0 amide bonds. The third-order valence-electron chi connectivity index (χ3n) is 4.42. The van der Waals surface area contributed by atoms with Gasteiger partial charge in [0.2, 0.25) is 0 Å². The van der Waals surface area contributed by atoms with Gasteiger partial charge in [-0.05, 0) is 54.8 Å². The Balaban J connectivity index is 1.96. The minimum absolute atomic E-state index is 0.247. The number of benzene rings is 1. The molecule has 1 atom stereocenters. The lowest BCUT2D eigenvalue weighted by atomic mass is 10.0. The van der Waals surface area contributed by atoms with Crippen LogP contribution in [-0.4, -0.2) is 36.1 Å². The van der Waals surface area contributed by atoms with E-state index in [1.165, 1.54) is 0 Å². The van der Waals surface area contributed by atoms with E-state index in [9.17, 15) is 0 Å². The van der Waals surface area contributed by atoms with Gasteiger partial charge in [-0.3, -0.25) is 0 Å². The van der Waals surface area contributed by atoms with Crippen molar-refractivity contribution in [2.75, 3.05) is 26.0 Å². The van der Waals surface area contributed by atoms with Crippen molar-refractivity contribution >= 4 is 16.9 Å². The minimum Gasteiger partial charge on any atom is -0.363 e. The van der Waals surface area contributed by atoms with E-state index in [0.717, 1.165) is 40.2 Å². The first kappa shape index (κ1) is 17.4. The zero-order valence-electron chi connectivity index (χ0n) is 15.7. The predicted octanol–water partition coefficient (Wildman–Crippen LogP) is 4.00. The third kappa shape index (κ3) is 3.82. The standard InChI is InChI=1S/C20H27N5/c1-13(2)10-18(21-3)20-23-16-7-6-14(11-17(16)24-20)15-8-9-22-19(12-15)25(4)5/h6-9,11-13,18,21H,10H2,1-5H3,(H,23,24). The van der Waals surface area contributed by atoms with E-state index >= 15 is 0 Å². The molecule has 1 unspecified atom stereocenters. The van der Waals surface area contributed by atoms with Gasteiger partial charge in [-0.25, -0.2) is 9.97 Å². The Morgan fingerprint density at radius 2 is 1.88 bits per heavy atom. The molecular weight excluding hydrogens is 310 g/mol. The smallest absolute Gasteiger partial charge is 0.128 e. The summed E-state index contributed by atoms with van der Waals surface area (Å²) >= 11 is 0. The van der Waals surface area contributed by atoms with Crippen LogP contribution in [0.4, 0.5) is 5.82 Å². The zero-order valence-corrected chi connectivity index (χ0v) is 15.7. The number of aromatic amines is 1. The van der Waals surface area contributed by atoms with Gasteiger partial charge >= 0.3 is 0 Å². The number of aromatic nitrogens is 3. The Morgan fingerprint density at radius 3 is 2.56 bits per heavy atom. The molecule has 0 fully saturated rings. The van der Waals surface area contributed by atoms with Crippen LogP contribution in [0.3, 0.4) is 0 Å². The van der Waals surface area contributed by atoms with E-state index < -0.39 is 0 Å². The molecule has 0 saturated heterocycles. The molecule has 3 aromatic rings. The summed E-state index contributed by atoms with van der Waals surface area (Å²) in [7, 11) is 6.00. The number of nitrogens with zero attached hydrogens (tertiary/aromatic N) is 3. The van der Waals surface area contributed by atoms with E-state index in [1.807, 2.05) is 38.3 Å². The average molecular weight is 337 g/mol. The molecule has 0 aliphatic carbocycles. The Hall–Kier alpha value is -2.40. The summed E-state index contributed by atoms with van der Waals surface area (Å²) in [4.78, 5) is 14.7. The van der Waals surface area contributed by atoms with Crippen molar-refractivity contribution in [1.82, 2.24) is 20.3 Å². The monoisotopic (exact) mass is 337 g/mol. The second kappa shape index (κ2) is 7.23. The van der Waals surface area contributed by atoms with Crippen LogP contribution >= 0.6 is 0 Å². The highest BCUT2D eigenvalue weighted by Crippen LogP contribution is 2.27. The van der Waals surface area contributed by atoms with Gasteiger partial charge in [0, 0.05) is 20.3 Å². The molecule has 0 aliphatic rings. The highest BCUT2D eigenvalue weighted by molar-refractivity contribution is 5.82. The summed E-state index contributed by atoms with van der Waals surface area (Å²) in [6.07, 6.45) is 2.91. The molecular formula is C20H27N5. The van der Waals surface area contributed by atoms with Gasteiger partial charge in [0.15, 0.2) is 0 Å². The van der Waals surface area contributed by atoms with E-state index in [0.29, 0.717) is 5.92 Å². The first-order valence-electron chi connectivity index (χ1n) is 8.78. The fourth-order valence-corrected chi connectivity index (χ4v) is 3.05. The van der Waals surface area contributed by atoms with Crippen LogP contribution < -0.4 is 10.2 Å². The van der Waals surface area contributed by atoms with Crippen molar-refractivity contribution in [2.45, 2.75) is 26.3 Å². The van der Waals surface area contributed by atoms with Crippen molar-refractivity contribution in [3.8, 4) is 11.1 Å². The van der Waals surface area contributed by atoms with Crippen LogP contribution in [-0.2, 0) is 0 Å². The number of imidazole rings is 1. The topological polar surface area (TPSA) is 56.8 Å². The van der Waals surface area contributed by atoms with Gasteiger partial charge in [-0.1, -0.05) is 19.9 Å². The normalized spacial score (nSPS) is 12.7. The van der Waals surface area contributed by atoms with Crippen molar-refractivity contribution in [3.05, 3.63) is 42.4 Å². The van der Waals surface area contributed by atoms with Gasteiger partial charge in [0.05, 0.1) is 17.1 Å². The van der Waals surface area contributed by atoms with Crippen LogP contribution in [0.15, 0.2) is 36.5 Å². The molecule has 0 saturated carbocycles. The summed E-state index contributed by atoms with van der Waals surface area (Å²) in [5.41, 5.74) is 4.39. The van der Waals surface area contributed by atoms with Gasteiger partial charge in [-0.15, -0.1) is 0 Å². The number of fused-ring (bicyclic) bond motifs is 1. The number of pyridine rings is 1. The second-order valence-corrected chi connectivity index (χ2v) is 7.12. The maximum absolute atomic E-state index is 4.78. The summed E-state index contributed by atoms with van der Waals surface area (Å²) < 4.78 is 0. The number of H-pyrrole nitrogens is 1. The molecule has 132 valence electrons. The summed E-state index contributed by atoms with van der Waals surface area (Å²) in [5, 5.41) is 3.37. The van der Waals surface area contributed by atoms with Crippen molar-refractivity contribution in [3.63, 3.8) is 0 Å². The van der Waals surface area contributed by atoms with Crippen LogP contribution in [0.5, 0.6) is 0 Å². The number of hydrogen-bond acceptors (Lipinski definition) is 4.